The summed E-state index contributed by atoms with van der Waals surface area (Å²) in [6, 6.07) is 59.2. The Morgan fingerprint density at radius 3 is 0.798 bits per heavy atom. The van der Waals surface area contributed by atoms with Gasteiger partial charge in [-0.05, 0) is 307 Å². The third kappa shape index (κ3) is 7.73. The Bertz CT molecular complexity index is 6600. The molecule has 0 aromatic heterocycles. The van der Waals surface area contributed by atoms with Crippen molar-refractivity contribution in [3.8, 4) is 50.3 Å². The van der Waals surface area contributed by atoms with Crippen molar-refractivity contribution in [2.24, 2.45) is 0 Å². The zero-order chi connectivity index (χ0) is 70.8. The fourth-order valence-electron chi connectivity index (χ4n) is 18.9. The molecule has 0 saturated carbocycles. The van der Waals surface area contributed by atoms with Crippen LogP contribution < -0.4 is 14.5 Å². The Morgan fingerprint density at radius 1 is 0.317 bits per heavy atom. The number of aromatic carboxylic acids is 1. The number of hydrogen-bond donors (Lipinski definition) is 1. The molecule has 4 amide bonds. The highest BCUT2D eigenvalue weighted by Gasteiger charge is 2.42. The maximum atomic E-state index is 15.1. The molecule has 2 aliphatic heterocycles. The second-order valence-electron chi connectivity index (χ2n) is 30.4. The molecule has 0 unspecified atom stereocenters. The molecule has 496 valence electrons. The molecule has 0 spiro atoms. The zero-order valence-corrected chi connectivity index (χ0v) is 58.1. The van der Waals surface area contributed by atoms with Crippen LogP contribution in [0.25, 0.3) is 177 Å². The number of hydrogen-bond acceptors (Lipinski definition) is 7. The Morgan fingerprint density at radius 2 is 0.558 bits per heavy atom. The molecule has 0 saturated heterocycles. The number of anilines is 2. The first-order valence-corrected chi connectivity index (χ1v) is 35.8. The van der Waals surface area contributed by atoms with Gasteiger partial charge in [0.1, 0.15) is 5.75 Å². The number of carbonyl (C=O) groups excluding carboxylic acids is 5. The highest BCUT2D eigenvalue weighted by atomic mass is 16.5. The first-order valence-electron chi connectivity index (χ1n) is 35.8. The Labute approximate surface area is 596 Å². The maximum Gasteiger partial charge on any atom is 0.335 e. The molecule has 0 fully saturated rings. The van der Waals surface area contributed by atoms with E-state index in [0.29, 0.717) is 67.7 Å². The van der Waals surface area contributed by atoms with Crippen molar-refractivity contribution < 1.29 is 38.6 Å². The molecule has 2 heterocycles. The lowest BCUT2D eigenvalue weighted by Crippen LogP contribution is -2.42. The van der Waals surface area contributed by atoms with Gasteiger partial charge in [0.25, 0.3) is 30.1 Å². The van der Waals surface area contributed by atoms with Crippen molar-refractivity contribution in [3.05, 3.63) is 242 Å². The van der Waals surface area contributed by atoms with Gasteiger partial charge in [0.15, 0.2) is 0 Å². The number of nitrogens with zero attached hydrogens (tertiary/aromatic N) is 2. The standard InChI is InChI=1S/C94H62N2O8/c1-42(2)72-37-54(94(102)103)38-73(43(3)4)88(72)95-90(98)68-25-21-60-56-13-17-64-76-33-50-29-46-9-11-48-31-52-35-78-66-19-15-58-62-23-27-70-87-71(93(101)96(92(70)100)89-74(44(5)6)39-55(104-41-97)40-75(89)45(7)8)28-24-63(83(62)87)59-16-20-67(85(66)81(58)59)79(78)36-53(52)32-49(48)12-10-47(46)30-51(50)34-77(76)65-18-14-57(80(56)84(64)65)61-22-26-69(91(95)99)86(68)82(60)61/h9-45H,1-8H3,(H,102,103). The number of fused-ring (bicyclic) bond motifs is 14. The minimum atomic E-state index is -1.06. The molecule has 16 aromatic carbocycles. The maximum absolute atomic E-state index is 15.1. The Hall–Kier alpha value is -12.7. The largest absolute Gasteiger partial charge is 0.478 e. The summed E-state index contributed by atoms with van der Waals surface area (Å²) in [7, 11) is 0. The van der Waals surface area contributed by atoms with Gasteiger partial charge in [-0.25, -0.2) is 14.6 Å². The van der Waals surface area contributed by atoms with Gasteiger partial charge in [-0.3, -0.25) is 24.0 Å². The molecule has 0 bridgehead atoms. The highest BCUT2D eigenvalue weighted by Crippen LogP contribution is 2.58. The summed E-state index contributed by atoms with van der Waals surface area (Å²) in [5, 5.41) is 30.8. The Kier molecular flexibility index (Phi) is 12.0. The lowest BCUT2D eigenvalue weighted by Gasteiger charge is -2.33. The summed E-state index contributed by atoms with van der Waals surface area (Å²) in [5.74, 6) is -2.79. The first-order chi connectivity index (χ1) is 50.3. The van der Waals surface area contributed by atoms with Crippen molar-refractivity contribution in [1.82, 2.24) is 0 Å². The molecule has 21 rings (SSSR count). The first kappa shape index (κ1) is 60.1. The second kappa shape index (κ2) is 20.8. The Balaban J connectivity index is 0.625. The van der Waals surface area contributed by atoms with Crippen LogP contribution in [0.2, 0.25) is 0 Å². The molecular weight excluding hydrogens is 1290 g/mol. The minimum Gasteiger partial charge on any atom is -0.478 e. The van der Waals surface area contributed by atoms with E-state index < -0.39 is 17.8 Å². The van der Waals surface area contributed by atoms with Gasteiger partial charge in [-0.15, -0.1) is 0 Å². The fraction of sp³-hybridized carbons (Fsp3) is 0.128. The average Bonchev–Trinajstić information content (AvgIpc) is 1.29. The monoisotopic (exact) mass is 1350 g/mol. The molecule has 0 atom stereocenters. The van der Waals surface area contributed by atoms with Crippen LogP contribution in [0.1, 0.15) is 175 Å². The third-order valence-electron chi connectivity index (χ3n) is 23.6. The number of carbonyl (C=O) groups is 6. The lowest BCUT2D eigenvalue weighted by molar-refractivity contribution is -0.120. The molecule has 104 heavy (non-hydrogen) atoms. The van der Waals surface area contributed by atoms with Crippen LogP contribution in [0.4, 0.5) is 11.4 Å². The van der Waals surface area contributed by atoms with E-state index in [4.69, 9.17) is 4.74 Å². The summed E-state index contributed by atoms with van der Waals surface area (Å²) in [6.07, 6.45) is 9.02. The van der Waals surface area contributed by atoms with Crippen LogP contribution in [-0.2, 0) is 4.79 Å². The topological polar surface area (TPSA) is 138 Å². The van der Waals surface area contributed by atoms with Crippen LogP contribution in [-0.4, -0.2) is 41.2 Å². The number of carboxylic acid groups (broad SMARTS) is 1. The SMILES string of the molecule is CC(C)c1cc(OC=O)cc(C(C)C)c1N1C(=O)c2ccc3c4ccc5c6c(ccc(c7ccc(c2c37)C1=O)c64)-c1cc2cc3c(cc2cc1-5)C=Cc1cc2cc4c(cc2cc1C=C3)-c1ccc2c3ccc5c6c(ccc(c7ccc-4c1c72)c63)C(=O)N(c1c(C(C)C)cc(C(=O)O)cc1C(C)C)C5=O. The van der Waals surface area contributed by atoms with Crippen LogP contribution in [0.5, 0.6) is 5.75 Å². The van der Waals surface area contributed by atoms with Crippen LogP contribution in [0, 0.1) is 0 Å². The number of carboxylic acids is 1. The molecular formula is C94H62N2O8. The minimum absolute atomic E-state index is 0.0924. The summed E-state index contributed by atoms with van der Waals surface area (Å²) in [5.41, 5.74) is 19.7. The van der Waals surface area contributed by atoms with Gasteiger partial charge in [-0.2, -0.15) is 0 Å². The van der Waals surface area contributed by atoms with Gasteiger partial charge in [0, 0.05) is 33.0 Å². The molecule has 0 radical (unpaired) electrons. The fourth-order valence-corrected chi connectivity index (χ4v) is 18.9. The molecule has 5 aliphatic rings. The van der Waals surface area contributed by atoms with Crippen LogP contribution in [0.15, 0.2) is 170 Å². The highest BCUT2D eigenvalue weighted by molar-refractivity contribution is 6.46. The van der Waals surface area contributed by atoms with Crippen molar-refractivity contribution in [3.63, 3.8) is 0 Å². The van der Waals surface area contributed by atoms with Gasteiger partial charge < -0.3 is 9.84 Å². The van der Waals surface area contributed by atoms with Crippen molar-refractivity contribution >= 4 is 179 Å². The summed E-state index contributed by atoms with van der Waals surface area (Å²) in [6.45, 7) is 16.3. The van der Waals surface area contributed by atoms with Crippen molar-refractivity contribution in [1.29, 1.82) is 0 Å². The quantitative estimate of drug-likeness (QED) is 0.0652. The van der Waals surface area contributed by atoms with E-state index in [2.05, 4.69) is 133 Å². The predicted molar refractivity (Wildman–Crippen MR) is 422 cm³/mol. The molecule has 10 nitrogen and oxygen atoms in total. The average molecular weight is 1350 g/mol. The van der Waals surface area contributed by atoms with Gasteiger partial charge in [0.05, 0.1) is 16.9 Å². The number of imide groups is 2. The summed E-state index contributed by atoms with van der Waals surface area (Å²) >= 11 is 0. The lowest BCUT2D eigenvalue weighted by atomic mass is 9.83. The second-order valence-corrected chi connectivity index (χ2v) is 30.4. The smallest absolute Gasteiger partial charge is 0.335 e. The van der Waals surface area contributed by atoms with Crippen LogP contribution in [0.3, 0.4) is 0 Å². The number of ether oxygens (including phenoxy) is 1. The number of amides is 4. The predicted octanol–water partition coefficient (Wildman–Crippen LogP) is 23.4. The van der Waals surface area contributed by atoms with Gasteiger partial charge in [-0.1, -0.05) is 152 Å². The third-order valence-corrected chi connectivity index (χ3v) is 23.6. The van der Waals surface area contributed by atoms with Gasteiger partial charge >= 0.3 is 5.97 Å². The number of benzene rings is 16. The molecule has 10 heteroatoms. The summed E-state index contributed by atoms with van der Waals surface area (Å²) < 4.78 is 5.36. The molecule has 1 N–H and O–H groups in total. The van der Waals surface area contributed by atoms with E-state index in [9.17, 15) is 14.7 Å². The molecule has 3 aliphatic carbocycles. The zero-order valence-electron chi connectivity index (χ0n) is 58.1. The van der Waals surface area contributed by atoms with E-state index in [0.717, 1.165) is 114 Å². The van der Waals surface area contributed by atoms with E-state index in [1.165, 1.54) is 70.5 Å². The number of rotatable bonds is 9. The van der Waals surface area contributed by atoms with Gasteiger partial charge in [0.2, 0.25) is 0 Å². The van der Waals surface area contributed by atoms with E-state index in [1.54, 1.807) is 24.3 Å². The normalized spacial score (nSPS) is 14.2. The van der Waals surface area contributed by atoms with E-state index in [1.807, 2.05) is 91.8 Å². The van der Waals surface area contributed by atoms with E-state index >= 15 is 19.2 Å². The van der Waals surface area contributed by atoms with Crippen molar-refractivity contribution in [2.45, 2.75) is 79.1 Å². The molecule has 16 aromatic rings. The van der Waals surface area contributed by atoms with Crippen molar-refractivity contribution in [2.75, 3.05) is 9.80 Å². The van der Waals surface area contributed by atoms with Crippen LogP contribution >= 0.6 is 0 Å². The van der Waals surface area contributed by atoms with E-state index in [-0.39, 0.29) is 41.0 Å². The summed E-state index contributed by atoms with van der Waals surface area (Å²) in [4.78, 5) is 87.0.